The van der Waals surface area contributed by atoms with Gasteiger partial charge in [0.1, 0.15) is 5.82 Å². The molecule has 0 bridgehead atoms. The normalized spacial score (nSPS) is 9.31. The van der Waals surface area contributed by atoms with E-state index in [4.69, 9.17) is 5.26 Å². The van der Waals surface area contributed by atoms with Crippen LogP contribution in [0.25, 0.3) is 0 Å². The first-order valence-electron chi connectivity index (χ1n) is 4.11. The second kappa shape index (κ2) is 4.41. The molecule has 0 fully saturated rings. The van der Waals surface area contributed by atoms with Gasteiger partial charge in [0.25, 0.3) is 0 Å². The molecule has 1 rings (SSSR count). The molecular formula is C9H12N4. The Morgan fingerprint density at radius 3 is 2.77 bits per heavy atom. The van der Waals surface area contributed by atoms with Gasteiger partial charge < -0.3 is 4.90 Å². The van der Waals surface area contributed by atoms with Crippen LogP contribution < -0.4 is 4.90 Å². The zero-order chi connectivity index (χ0) is 9.68. The lowest BCUT2D eigenvalue weighted by Crippen LogP contribution is -2.20. The molecule has 1 heterocycles. The highest BCUT2D eigenvalue weighted by Crippen LogP contribution is 2.11. The predicted octanol–water partition coefficient (Wildman–Crippen LogP) is 1.13. The fourth-order valence-corrected chi connectivity index (χ4v) is 1.10. The first-order chi connectivity index (χ1) is 6.25. The number of rotatable bonds is 3. The van der Waals surface area contributed by atoms with Crippen molar-refractivity contribution in [3.63, 3.8) is 0 Å². The summed E-state index contributed by atoms with van der Waals surface area (Å²) in [5, 5.41) is 8.42. The highest BCUT2D eigenvalue weighted by Gasteiger charge is 2.04. The Morgan fingerprint density at radius 1 is 1.46 bits per heavy atom. The van der Waals surface area contributed by atoms with Gasteiger partial charge in [-0.15, -0.1) is 0 Å². The third-order valence-electron chi connectivity index (χ3n) is 1.78. The minimum atomic E-state index is 0.506. The quantitative estimate of drug-likeness (QED) is 0.692. The van der Waals surface area contributed by atoms with Crippen LogP contribution >= 0.6 is 0 Å². The van der Waals surface area contributed by atoms with Crippen LogP contribution in [-0.4, -0.2) is 23.6 Å². The van der Waals surface area contributed by atoms with Crippen molar-refractivity contribution in [2.75, 3.05) is 18.5 Å². The molecule has 0 unspecified atom stereocenters. The molecule has 4 nitrogen and oxygen atoms in total. The molecular weight excluding hydrogens is 164 g/mol. The third-order valence-corrected chi connectivity index (χ3v) is 1.78. The number of nitrogens with zero attached hydrogens (tertiary/aromatic N) is 4. The molecule has 0 amide bonds. The molecule has 0 radical (unpaired) electrons. The summed E-state index contributed by atoms with van der Waals surface area (Å²) >= 11 is 0. The van der Waals surface area contributed by atoms with Crippen LogP contribution in [0, 0.1) is 18.3 Å². The van der Waals surface area contributed by atoms with Crippen LogP contribution in [-0.2, 0) is 0 Å². The molecule has 1 aromatic rings. The van der Waals surface area contributed by atoms with Crippen LogP contribution in [0.5, 0.6) is 0 Å². The van der Waals surface area contributed by atoms with Crippen molar-refractivity contribution in [2.45, 2.75) is 13.3 Å². The van der Waals surface area contributed by atoms with E-state index in [9.17, 15) is 0 Å². The fraction of sp³-hybridized carbons (Fsp3) is 0.444. The molecule has 0 aromatic carbocycles. The Morgan fingerprint density at radius 2 is 2.15 bits per heavy atom. The van der Waals surface area contributed by atoms with E-state index < -0.39 is 0 Å². The minimum absolute atomic E-state index is 0.506. The van der Waals surface area contributed by atoms with E-state index in [0.29, 0.717) is 13.0 Å². The van der Waals surface area contributed by atoms with Crippen molar-refractivity contribution in [1.29, 1.82) is 5.26 Å². The summed E-state index contributed by atoms with van der Waals surface area (Å²) in [5.74, 6) is 0.845. The zero-order valence-corrected chi connectivity index (χ0v) is 7.86. The van der Waals surface area contributed by atoms with Crippen LogP contribution in [0.2, 0.25) is 0 Å². The maximum atomic E-state index is 8.42. The van der Waals surface area contributed by atoms with Gasteiger partial charge in [-0.1, -0.05) is 0 Å². The van der Waals surface area contributed by atoms with E-state index in [1.807, 2.05) is 18.9 Å². The van der Waals surface area contributed by atoms with Crippen LogP contribution in [0.3, 0.4) is 0 Å². The summed E-state index contributed by atoms with van der Waals surface area (Å²) in [5.41, 5.74) is 0.892. The monoisotopic (exact) mass is 176 g/mol. The van der Waals surface area contributed by atoms with Gasteiger partial charge in [0.05, 0.1) is 18.2 Å². The van der Waals surface area contributed by atoms with Gasteiger partial charge >= 0.3 is 0 Å². The smallest absolute Gasteiger partial charge is 0.149 e. The van der Waals surface area contributed by atoms with Crippen LogP contribution in [0.4, 0.5) is 5.82 Å². The fourth-order valence-electron chi connectivity index (χ4n) is 1.10. The standard InChI is InChI=1S/C9H12N4/c1-8-9(12-6-5-11-8)13(2)7-3-4-10/h5-6H,3,7H2,1-2H3. The summed E-state index contributed by atoms with van der Waals surface area (Å²) in [4.78, 5) is 10.2. The van der Waals surface area contributed by atoms with Gasteiger partial charge in [-0.05, 0) is 6.92 Å². The molecule has 0 aliphatic heterocycles. The lowest BCUT2D eigenvalue weighted by atomic mass is 10.4. The second-order valence-corrected chi connectivity index (χ2v) is 2.80. The average molecular weight is 176 g/mol. The first-order valence-corrected chi connectivity index (χ1v) is 4.11. The molecule has 0 spiro atoms. The van der Waals surface area contributed by atoms with Crippen molar-refractivity contribution in [3.05, 3.63) is 18.1 Å². The zero-order valence-electron chi connectivity index (χ0n) is 7.86. The average Bonchev–Trinajstić information content (AvgIpc) is 2.15. The molecule has 1 aromatic heterocycles. The molecule has 13 heavy (non-hydrogen) atoms. The highest BCUT2D eigenvalue weighted by atomic mass is 15.2. The number of hydrogen-bond acceptors (Lipinski definition) is 4. The van der Waals surface area contributed by atoms with Crippen molar-refractivity contribution >= 4 is 5.82 Å². The van der Waals surface area contributed by atoms with Gasteiger partial charge in [0.2, 0.25) is 0 Å². The summed E-state index contributed by atoms with van der Waals surface area (Å²) in [6.07, 6.45) is 3.83. The van der Waals surface area contributed by atoms with Crippen molar-refractivity contribution in [3.8, 4) is 6.07 Å². The Balaban J connectivity index is 2.72. The van der Waals surface area contributed by atoms with Gasteiger partial charge in [0, 0.05) is 26.0 Å². The van der Waals surface area contributed by atoms with E-state index in [-0.39, 0.29) is 0 Å². The van der Waals surface area contributed by atoms with Crippen molar-refractivity contribution in [2.24, 2.45) is 0 Å². The molecule has 0 atom stereocenters. The van der Waals surface area contributed by atoms with Crippen LogP contribution in [0.1, 0.15) is 12.1 Å². The summed E-state index contributed by atoms with van der Waals surface area (Å²) in [7, 11) is 1.91. The number of anilines is 1. The van der Waals surface area contributed by atoms with E-state index in [1.165, 1.54) is 0 Å². The molecule has 0 aliphatic carbocycles. The summed E-state index contributed by atoms with van der Waals surface area (Å²) < 4.78 is 0. The molecule has 0 aliphatic rings. The predicted molar refractivity (Wildman–Crippen MR) is 50.3 cm³/mol. The van der Waals surface area contributed by atoms with E-state index in [1.54, 1.807) is 12.4 Å². The van der Waals surface area contributed by atoms with E-state index in [0.717, 1.165) is 11.5 Å². The van der Waals surface area contributed by atoms with Gasteiger partial charge in [-0.3, -0.25) is 4.98 Å². The molecule has 0 N–H and O–H groups in total. The third kappa shape index (κ3) is 2.41. The van der Waals surface area contributed by atoms with Gasteiger partial charge in [-0.25, -0.2) is 4.98 Å². The maximum Gasteiger partial charge on any atom is 0.149 e. The lowest BCUT2D eigenvalue weighted by Gasteiger charge is -2.17. The first kappa shape index (κ1) is 9.46. The number of aromatic nitrogens is 2. The number of nitriles is 1. The molecule has 68 valence electrons. The summed E-state index contributed by atoms with van der Waals surface area (Å²) in [6.45, 7) is 2.60. The highest BCUT2D eigenvalue weighted by molar-refractivity contribution is 5.41. The Bertz CT molecular complexity index is 316. The topological polar surface area (TPSA) is 52.8 Å². The van der Waals surface area contributed by atoms with Crippen LogP contribution in [0.15, 0.2) is 12.4 Å². The SMILES string of the molecule is Cc1nccnc1N(C)CCC#N. The molecule has 4 heteroatoms. The summed E-state index contributed by atoms with van der Waals surface area (Å²) in [6, 6.07) is 2.10. The maximum absolute atomic E-state index is 8.42. The Hall–Kier alpha value is -1.63. The largest absolute Gasteiger partial charge is 0.357 e. The Labute approximate surface area is 77.8 Å². The lowest BCUT2D eigenvalue weighted by molar-refractivity contribution is 0.868. The number of hydrogen-bond donors (Lipinski definition) is 0. The van der Waals surface area contributed by atoms with Crippen molar-refractivity contribution in [1.82, 2.24) is 9.97 Å². The molecule has 0 saturated carbocycles. The van der Waals surface area contributed by atoms with E-state index in [2.05, 4.69) is 16.0 Å². The Kier molecular flexibility index (Phi) is 3.21. The second-order valence-electron chi connectivity index (χ2n) is 2.80. The van der Waals surface area contributed by atoms with Crippen molar-refractivity contribution < 1.29 is 0 Å². The van der Waals surface area contributed by atoms with Gasteiger partial charge in [0.15, 0.2) is 0 Å². The molecule has 0 saturated heterocycles. The van der Waals surface area contributed by atoms with Gasteiger partial charge in [-0.2, -0.15) is 5.26 Å². The van der Waals surface area contributed by atoms with E-state index >= 15 is 0 Å². The number of aryl methyl sites for hydroxylation is 1. The minimum Gasteiger partial charge on any atom is -0.357 e.